The van der Waals surface area contributed by atoms with Gasteiger partial charge in [0.05, 0.1) is 5.60 Å². The van der Waals surface area contributed by atoms with Gasteiger partial charge in [0, 0.05) is 6.61 Å². The Bertz CT molecular complexity index is 403. The fourth-order valence-corrected chi connectivity index (χ4v) is 7.23. The molecule has 1 nitrogen and oxygen atoms in total. The Balaban J connectivity index is 1.30. The predicted molar refractivity (Wildman–Crippen MR) is 126 cm³/mol. The molecule has 1 heteroatoms. The molecule has 0 aromatic carbocycles. The van der Waals surface area contributed by atoms with Crippen LogP contribution in [0.25, 0.3) is 0 Å². The maximum absolute atomic E-state index is 6.45. The standard InChI is InChI=1S/C28H52O/c1-3-5-6-8-11-24-12-14-25(15-13-24)16-17-26-18-20-27(21-19-26)28(29-4-2)22-9-7-10-23-28/h24-27H,3-23H2,1-2H3. The van der Waals surface area contributed by atoms with Crippen molar-refractivity contribution in [1.82, 2.24) is 0 Å². The van der Waals surface area contributed by atoms with Crippen LogP contribution in [0.4, 0.5) is 0 Å². The largest absolute Gasteiger partial charge is 0.375 e. The van der Waals surface area contributed by atoms with Crippen LogP contribution in [0.5, 0.6) is 0 Å². The topological polar surface area (TPSA) is 9.23 Å². The van der Waals surface area contributed by atoms with Crippen LogP contribution >= 0.6 is 0 Å². The van der Waals surface area contributed by atoms with E-state index in [1.165, 1.54) is 103 Å². The van der Waals surface area contributed by atoms with E-state index in [2.05, 4.69) is 13.8 Å². The van der Waals surface area contributed by atoms with Crippen LogP contribution in [0.15, 0.2) is 0 Å². The lowest BCUT2D eigenvalue weighted by molar-refractivity contribution is -0.117. The van der Waals surface area contributed by atoms with E-state index in [9.17, 15) is 0 Å². The molecule has 29 heavy (non-hydrogen) atoms. The van der Waals surface area contributed by atoms with E-state index >= 15 is 0 Å². The van der Waals surface area contributed by atoms with Crippen molar-refractivity contribution in [1.29, 1.82) is 0 Å². The Morgan fingerprint density at radius 2 is 1.17 bits per heavy atom. The van der Waals surface area contributed by atoms with Gasteiger partial charge in [-0.3, -0.25) is 0 Å². The lowest BCUT2D eigenvalue weighted by Crippen LogP contribution is -2.44. The molecule has 3 saturated carbocycles. The molecule has 170 valence electrons. The first-order chi connectivity index (χ1) is 14.3. The van der Waals surface area contributed by atoms with Crippen molar-refractivity contribution in [2.75, 3.05) is 6.61 Å². The van der Waals surface area contributed by atoms with Crippen LogP contribution < -0.4 is 0 Å². The molecule has 0 unspecified atom stereocenters. The van der Waals surface area contributed by atoms with Gasteiger partial charge in [0.15, 0.2) is 0 Å². The summed E-state index contributed by atoms with van der Waals surface area (Å²) >= 11 is 0. The quantitative estimate of drug-likeness (QED) is 0.312. The van der Waals surface area contributed by atoms with Crippen molar-refractivity contribution in [3.05, 3.63) is 0 Å². The van der Waals surface area contributed by atoms with Crippen LogP contribution in [-0.2, 0) is 4.74 Å². The van der Waals surface area contributed by atoms with Gasteiger partial charge in [-0.05, 0) is 56.3 Å². The molecule has 0 atom stereocenters. The first-order valence-electron chi connectivity index (χ1n) is 13.9. The van der Waals surface area contributed by atoms with Crippen LogP contribution in [-0.4, -0.2) is 12.2 Å². The van der Waals surface area contributed by atoms with E-state index in [0.717, 1.165) is 30.3 Å². The molecule has 3 aliphatic rings. The van der Waals surface area contributed by atoms with Crippen LogP contribution in [0.2, 0.25) is 0 Å². The Hall–Kier alpha value is -0.0400. The highest BCUT2D eigenvalue weighted by Crippen LogP contribution is 2.46. The van der Waals surface area contributed by atoms with Gasteiger partial charge < -0.3 is 4.74 Å². The first-order valence-corrected chi connectivity index (χ1v) is 13.9. The lowest BCUT2D eigenvalue weighted by Gasteiger charge is -2.46. The van der Waals surface area contributed by atoms with E-state index in [-0.39, 0.29) is 5.60 Å². The van der Waals surface area contributed by atoms with E-state index in [4.69, 9.17) is 4.74 Å². The molecule has 0 amide bonds. The first kappa shape index (κ1) is 23.6. The summed E-state index contributed by atoms with van der Waals surface area (Å²) in [6.45, 7) is 5.45. The molecule has 0 aromatic heterocycles. The van der Waals surface area contributed by atoms with Gasteiger partial charge in [-0.15, -0.1) is 0 Å². The van der Waals surface area contributed by atoms with Crippen molar-refractivity contribution in [3.63, 3.8) is 0 Å². The molecule has 3 fully saturated rings. The summed E-state index contributed by atoms with van der Waals surface area (Å²) in [7, 11) is 0. The summed E-state index contributed by atoms with van der Waals surface area (Å²) in [4.78, 5) is 0. The zero-order valence-electron chi connectivity index (χ0n) is 20.1. The molecule has 0 aromatic rings. The highest BCUT2D eigenvalue weighted by Gasteiger charge is 2.41. The molecule has 3 rings (SSSR count). The van der Waals surface area contributed by atoms with Crippen LogP contribution in [0.1, 0.15) is 142 Å². The summed E-state index contributed by atoms with van der Waals surface area (Å²) in [5.41, 5.74) is 0.271. The number of hydrogen-bond donors (Lipinski definition) is 0. The van der Waals surface area contributed by atoms with Gasteiger partial charge in [-0.1, -0.05) is 110 Å². The Morgan fingerprint density at radius 3 is 1.72 bits per heavy atom. The van der Waals surface area contributed by atoms with Gasteiger partial charge in [0.1, 0.15) is 0 Å². The van der Waals surface area contributed by atoms with Gasteiger partial charge in [0.25, 0.3) is 0 Å². The molecule has 3 aliphatic carbocycles. The second-order valence-corrected chi connectivity index (χ2v) is 11.1. The third-order valence-corrected chi connectivity index (χ3v) is 9.14. The second kappa shape index (κ2) is 12.7. The van der Waals surface area contributed by atoms with Crippen LogP contribution in [0.3, 0.4) is 0 Å². The SMILES string of the molecule is CCCCCCC1CCC(CCC2CCC(C3(OCC)CCCCC3)CC2)CC1. The highest BCUT2D eigenvalue weighted by atomic mass is 16.5. The summed E-state index contributed by atoms with van der Waals surface area (Å²) in [5, 5.41) is 0. The smallest absolute Gasteiger partial charge is 0.0710 e. The zero-order chi connectivity index (χ0) is 20.4. The van der Waals surface area contributed by atoms with Crippen LogP contribution in [0, 0.1) is 23.7 Å². The Labute approximate surface area is 183 Å². The molecule has 0 saturated heterocycles. The van der Waals surface area contributed by atoms with Gasteiger partial charge in [-0.2, -0.15) is 0 Å². The minimum Gasteiger partial charge on any atom is -0.375 e. The Morgan fingerprint density at radius 1 is 0.621 bits per heavy atom. The fourth-order valence-electron chi connectivity index (χ4n) is 7.23. The molecule has 0 bridgehead atoms. The predicted octanol–water partition coefficient (Wildman–Crippen LogP) is 9.09. The molecule has 0 spiro atoms. The minimum atomic E-state index is 0.271. The maximum atomic E-state index is 6.45. The van der Waals surface area contributed by atoms with Crippen molar-refractivity contribution < 1.29 is 4.74 Å². The highest BCUT2D eigenvalue weighted by molar-refractivity contribution is 4.93. The van der Waals surface area contributed by atoms with E-state index < -0.39 is 0 Å². The number of ether oxygens (including phenoxy) is 1. The van der Waals surface area contributed by atoms with E-state index in [0.29, 0.717) is 0 Å². The zero-order valence-corrected chi connectivity index (χ0v) is 20.1. The summed E-state index contributed by atoms with van der Waals surface area (Å²) < 4.78 is 6.45. The molecule has 0 N–H and O–H groups in total. The third-order valence-electron chi connectivity index (χ3n) is 9.14. The number of unbranched alkanes of at least 4 members (excludes halogenated alkanes) is 3. The van der Waals surface area contributed by atoms with E-state index in [1.54, 1.807) is 25.7 Å². The monoisotopic (exact) mass is 404 g/mol. The average molecular weight is 405 g/mol. The second-order valence-electron chi connectivity index (χ2n) is 11.1. The average Bonchev–Trinajstić information content (AvgIpc) is 2.77. The Kier molecular flexibility index (Phi) is 10.4. The number of rotatable bonds is 11. The van der Waals surface area contributed by atoms with Crippen molar-refractivity contribution >= 4 is 0 Å². The molecule has 0 heterocycles. The summed E-state index contributed by atoms with van der Waals surface area (Å²) in [5.74, 6) is 4.03. The van der Waals surface area contributed by atoms with Crippen molar-refractivity contribution in [2.45, 2.75) is 148 Å². The maximum Gasteiger partial charge on any atom is 0.0710 e. The minimum absolute atomic E-state index is 0.271. The van der Waals surface area contributed by atoms with E-state index in [1.807, 2.05) is 0 Å². The number of hydrogen-bond acceptors (Lipinski definition) is 1. The molecular weight excluding hydrogens is 352 g/mol. The summed E-state index contributed by atoms with van der Waals surface area (Å²) in [6, 6.07) is 0. The van der Waals surface area contributed by atoms with Crippen molar-refractivity contribution in [3.8, 4) is 0 Å². The van der Waals surface area contributed by atoms with Gasteiger partial charge >= 0.3 is 0 Å². The molecule has 0 aliphatic heterocycles. The van der Waals surface area contributed by atoms with Crippen molar-refractivity contribution in [2.24, 2.45) is 23.7 Å². The fraction of sp³-hybridized carbons (Fsp3) is 1.00. The van der Waals surface area contributed by atoms with Gasteiger partial charge in [-0.25, -0.2) is 0 Å². The van der Waals surface area contributed by atoms with Gasteiger partial charge in [0.2, 0.25) is 0 Å². The summed E-state index contributed by atoms with van der Waals surface area (Å²) in [6.07, 6.45) is 29.4. The molecule has 0 radical (unpaired) electrons. The lowest BCUT2D eigenvalue weighted by atomic mass is 9.67. The molecular formula is C28H52O. The third kappa shape index (κ3) is 7.26. The normalized spacial score (nSPS) is 32.9.